The molecule has 0 spiro atoms. The summed E-state index contributed by atoms with van der Waals surface area (Å²) in [7, 11) is 3.91. The zero-order valence-corrected chi connectivity index (χ0v) is 13.7. The first kappa shape index (κ1) is 17.1. The number of hydrogen-bond acceptors (Lipinski definition) is 7. The Morgan fingerprint density at radius 2 is 1.87 bits per heavy atom. The van der Waals surface area contributed by atoms with E-state index >= 15 is 0 Å². The normalized spacial score (nSPS) is 14.5. The number of carbonyl (C=O) groups excluding carboxylic acids is 2. The van der Waals surface area contributed by atoms with Crippen molar-refractivity contribution in [2.45, 2.75) is 0 Å². The largest absolute Gasteiger partial charge is 0.493 e. The van der Waals surface area contributed by atoms with Crippen LogP contribution in [-0.4, -0.2) is 46.6 Å². The maximum absolute atomic E-state index is 12.2. The lowest BCUT2D eigenvalue weighted by molar-refractivity contribution is -0.140. The summed E-state index contributed by atoms with van der Waals surface area (Å²) in [5, 5.41) is 0.361. The molecule has 1 aliphatic rings. The standard InChI is InChI=1S/C15H16ClNO6/c1-20-13-10(16)5-4-6-11(13)17-8-23-7-9(14(18)21-2)12(17)15(19)22-3/h4-6H,7-8H2,1-3H3. The Balaban J connectivity index is 2.62. The molecule has 1 aromatic carbocycles. The minimum absolute atomic E-state index is 0.0294. The van der Waals surface area contributed by atoms with E-state index in [9.17, 15) is 9.59 Å². The monoisotopic (exact) mass is 341 g/mol. The number of anilines is 1. The van der Waals surface area contributed by atoms with E-state index in [0.717, 1.165) is 0 Å². The molecule has 0 amide bonds. The van der Waals surface area contributed by atoms with Crippen molar-refractivity contribution >= 4 is 29.2 Å². The van der Waals surface area contributed by atoms with Crippen molar-refractivity contribution in [1.29, 1.82) is 0 Å². The predicted molar refractivity (Wildman–Crippen MR) is 82.4 cm³/mol. The van der Waals surface area contributed by atoms with Crippen LogP contribution in [0.5, 0.6) is 5.75 Å². The lowest BCUT2D eigenvalue weighted by atomic mass is 10.1. The van der Waals surface area contributed by atoms with Crippen LogP contribution in [0.4, 0.5) is 5.69 Å². The quantitative estimate of drug-likeness (QED) is 0.772. The number of nitrogens with zero attached hydrogens (tertiary/aromatic N) is 1. The summed E-state index contributed by atoms with van der Waals surface area (Å²) in [5.41, 5.74) is 0.570. The number of methoxy groups -OCH3 is 3. The summed E-state index contributed by atoms with van der Waals surface area (Å²) in [5.74, 6) is -1.00. The lowest BCUT2D eigenvalue weighted by Crippen LogP contribution is -2.39. The van der Waals surface area contributed by atoms with Crippen LogP contribution >= 0.6 is 11.6 Å². The molecule has 0 N–H and O–H groups in total. The molecule has 0 saturated heterocycles. The second-order valence-corrected chi connectivity index (χ2v) is 4.92. The van der Waals surface area contributed by atoms with Gasteiger partial charge in [0.05, 0.1) is 44.2 Å². The molecule has 0 atom stereocenters. The molecule has 1 aromatic rings. The molecular weight excluding hydrogens is 326 g/mol. The van der Waals surface area contributed by atoms with Gasteiger partial charge in [0.1, 0.15) is 12.4 Å². The number of esters is 2. The number of benzene rings is 1. The van der Waals surface area contributed by atoms with Gasteiger partial charge in [0.15, 0.2) is 5.75 Å². The summed E-state index contributed by atoms with van der Waals surface area (Å²) in [6.07, 6.45) is 0. The molecule has 2 rings (SSSR count). The van der Waals surface area contributed by atoms with Crippen molar-refractivity contribution in [3.05, 3.63) is 34.5 Å². The van der Waals surface area contributed by atoms with Crippen LogP contribution in [-0.2, 0) is 23.8 Å². The van der Waals surface area contributed by atoms with Gasteiger partial charge in [-0.3, -0.25) is 0 Å². The molecule has 0 radical (unpaired) electrons. The topological polar surface area (TPSA) is 74.3 Å². The third-order valence-corrected chi connectivity index (χ3v) is 3.57. The van der Waals surface area contributed by atoms with Crippen LogP contribution in [0, 0.1) is 0 Å². The second-order valence-electron chi connectivity index (χ2n) is 4.51. The summed E-state index contributed by atoms with van der Waals surface area (Å²) in [6.45, 7) is -0.0296. The molecule has 1 aliphatic heterocycles. The number of ether oxygens (including phenoxy) is 4. The fourth-order valence-electron chi connectivity index (χ4n) is 2.25. The van der Waals surface area contributed by atoms with Gasteiger partial charge in [0.2, 0.25) is 0 Å². The van der Waals surface area contributed by atoms with Gasteiger partial charge in [-0.2, -0.15) is 0 Å². The smallest absolute Gasteiger partial charge is 0.355 e. The van der Waals surface area contributed by atoms with Crippen molar-refractivity contribution in [3.8, 4) is 5.75 Å². The van der Waals surface area contributed by atoms with Crippen LogP contribution in [0.2, 0.25) is 5.02 Å². The third-order valence-electron chi connectivity index (χ3n) is 3.27. The van der Waals surface area contributed by atoms with E-state index in [0.29, 0.717) is 16.5 Å². The highest BCUT2D eigenvalue weighted by molar-refractivity contribution is 6.32. The Hall–Kier alpha value is -2.25. The third kappa shape index (κ3) is 3.25. The van der Waals surface area contributed by atoms with E-state index in [-0.39, 0.29) is 24.6 Å². The first-order valence-electron chi connectivity index (χ1n) is 6.62. The lowest BCUT2D eigenvalue weighted by Gasteiger charge is -2.32. The molecular formula is C15H16ClNO6. The van der Waals surface area contributed by atoms with Crippen molar-refractivity contribution < 1.29 is 28.5 Å². The summed E-state index contributed by atoms with van der Waals surface area (Å²) < 4.78 is 20.2. The van der Waals surface area contributed by atoms with E-state index < -0.39 is 11.9 Å². The first-order valence-corrected chi connectivity index (χ1v) is 7.00. The molecule has 124 valence electrons. The average molecular weight is 342 g/mol. The number of hydrogen-bond donors (Lipinski definition) is 0. The molecule has 23 heavy (non-hydrogen) atoms. The number of carbonyl (C=O) groups is 2. The molecule has 0 aromatic heterocycles. The SMILES string of the molecule is COC(=O)C1=C(C(=O)OC)N(c2cccc(Cl)c2OC)COC1. The highest BCUT2D eigenvalue weighted by atomic mass is 35.5. The fraction of sp³-hybridized carbons (Fsp3) is 0.333. The molecule has 0 fully saturated rings. The Kier molecular flexibility index (Phi) is 5.46. The van der Waals surface area contributed by atoms with Gasteiger partial charge in [-0.25, -0.2) is 9.59 Å². The summed E-state index contributed by atoms with van der Waals surface area (Å²) >= 11 is 6.12. The Morgan fingerprint density at radius 1 is 1.17 bits per heavy atom. The average Bonchev–Trinajstić information content (AvgIpc) is 2.59. The van der Waals surface area contributed by atoms with Gasteiger partial charge in [-0.1, -0.05) is 17.7 Å². The van der Waals surface area contributed by atoms with E-state index in [1.54, 1.807) is 18.2 Å². The number of rotatable bonds is 4. The number of halogens is 1. The highest BCUT2D eigenvalue weighted by Gasteiger charge is 2.33. The highest BCUT2D eigenvalue weighted by Crippen LogP contribution is 2.38. The van der Waals surface area contributed by atoms with Gasteiger partial charge < -0.3 is 23.8 Å². The van der Waals surface area contributed by atoms with E-state index in [2.05, 4.69) is 0 Å². The van der Waals surface area contributed by atoms with Gasteiger partial charge in [-0.05, 0) is 12.1 Å². The summed E-state index contributed by atoms with van der Waals surface area (Å²) in [6, 6.07) is 5.04. The van der Waals surface area contributed by atoms with Crippen molar-refractivity contribution in [3.63, 3.8) is 0 Å². The molecule has 0 unspecified atom stereocenters. The van der Waals surface area contributed by atoms with Gasteiger partial charge in [0.25, 0.3) is 0 Å². The van der Waals surface area contributed by atoms with Crippen LogP contribution in [0.15, 0.2) is 29.5 Å². The van der Waals surface area contributed by atoms with E-state index in [1.165, 1.54) is 26.2 Å². The van der Waals surface area contributed by atoms with Crippen molar-refractivity contribution in [1.82, 2.24) is 0 Å². The molecule has 0 bridgehead atoms. The summed E-state index contributed by atoms with van der Waals surface area (Å²) in [4.78, 5) is 25.6. The minimum Gasteiger partial charge on any atom is -0.493 e. The zero-order chi connectivity index (χ0) is 17.0. The van der Waals surface area contributed by atoms with Crippen molar-refractivity contribution in [2.75, 3.05) is 39.6 Å². The molecule has 7 nitrogen and oxygen atoms in total. The maximum Gasteiger partial charge on any atom is 0.355 e. The fourth-order valence-corrected chi connectivity index (χ4v) is 2.49. The van der Waals surface area contributed by atoms with E-state index in [1.807, 2.05) is 0 Å². The van der Waals surface area contributed by atoms with Crippen LogP contribution in [0.3, 0.4) is 0 Å². The Morgan fingerprint density at radius 3 is 2.48 bits per heavy atom. The number of para-hydroxylation sites is 1. The van der Waals surface area contributed by atoms with Crippen LogP contribution in [0.1, 0.15) is 0 Å². The zero-order valence-electron chi connectivity index (χ0n) is 12.9. The van der Waals surface area contributed by atoms with Gasteiger partial charge >= 0.3 is 11.9 Å². The Bertz CT molecular complexity index is 657. The van der Waals surface area contributed by atoms with Crippen molar-refractivity contribution in [2.24, 2.45) is 0 Å². The van der Waals surface area contributed by atoms with Crippen LogP contribution in [0.25, 0.3) is 0 Å². The molecule has 0 saturated carbocycles. The predicted octanol–water partition coefficient (Wildman–Crippen LogP) is 1.74. The first-order chi connectivity index (χ1) is 11.0. The molecule has 0 aliphatic carbocycles. The van der Waals surface area contributed by atoms with E-state index in [4.69, 9.17) is 30.5 Å². The molecule has 1 heterocycles. The maximum atomic E-state index is 12.2. The second kappa shape index (κ2) is 7.34. The van der Waals surface area contributed by atoms with Gasteiger partial charge in [0, 0.05) is 0 Å². The van der Waals surface area contributed by atoms with Crippen LogP contribution < -0.4 is 9.64 Å². The minimum atomic E-state index is -0.685. The Labute approximate surface area is 138 Å². The molecule has 8 heteroatoms. The van der Waals surface area contributed by atoms with Gasteiger partial charge in [-0.15, -0.1) is 0 Å².